The highest BCUT2D eigenvalue weighted by atomic mass is 35.5. The number of rotatable bonds is 9. The molecule has 10 heteroatoms. The summed E-state index contributed by atoms with van der Waals surface area (Å²) >= 11 is 18.4. The minimum Gasteiger partial charge on any atom is -0.468 e. The fourth-order valence-corrected chi connectivity index (χ4v) is 4.60. The highest BCUT2D eigenvalue weighted by Crippen LogP contribution is 2.28. The molecule has 0 spiro atoms. The van der Waals surface area contributed by atoms with E-state index in [0.29, 0.717) is 27.1 Å². The molecule has 5 rings (SSSR count). The fourth-order valence-electron chi connectivity index (χ4n) is 3.98. The molecule has 202 valence electrons. The van der Waals surface area contributed by atoms with Crippen LogP contribution in [0.1, 0.15) is 21.7 Å². The monoisotopic (exact) mass is 592 g/mol. The molecule has 0 radical (unpaired) electrons. The number of carbonyl (C=O) groups is 1. The second-order valence-electron chi connectivity index (χ2n) is 8.76. The van der Waals surface area contributed by atoms with Crippen LogP contribution >= 0.6 is 34.8 Å². The molecular formula is C30H23Cl3N4O3. The highest BCUT2D eigenvalue weighted by Gasteiger charge is 2.20. The van der Waals surface area contributed by atoms with Crippen molar-refractivity contribution in [2.45, 2.75) is 12.8 Å². The molecule has 3 aromatic carbocycles. The van der Waals surface area contributed by atoms with Crippen molar-refractivity contribution in [3.63, 3.8) is 0 Å². The van der Waals surface area contributed by atoms with Crippen LogP contribution in [0, 0.1) is 0 Å². The summed E-state index contributed by atoms with van der Waals surface area (Å²) < 4.78 is 7.09. The quantitative estimate of drug-likeness (QED) is 0.161. The maximum atomic E-state index is 13.3. The van der Waals surface area contributed by atoms with Crippen molar-refractivity contribution in [2.75, 3.05) is 0 Å². The molecule has 0 aliphatic carbocycles. The Kier molecular flexibility index (Phi) is 8.69. The predicted octanol–water partition coefficient (Wildman–Crippen LogP) is 6.97. The van der Waals surface area contributed by atoms with E-state index in [0.717, 1.165) is 11.3 Å². The standard InChI is InChI=1S/C30H23Cl3N4O3/c31-21-10-8-19(9-11-21)28-20(18-37(36-28)23-5-2-1-3-6-23)15-27(30(39)34-17-24-7-4-14-40-24)35-29(38)25-13-12-22(32)16-26(25)33/h1-16,18,30,34,39H,17H2,(H,35,38)/b27-15-. The molecule has 1 atom stereocenters. The van der Waals surface area contributed by atoms with Crippen molar-refractivity contribution in [3.8, 4) is 16.9 Å². The number of aliphatic hydroxyl groups excluding tert-OH is 1. The van der Waals surface area contributed by atoms with Gasteiger partial charge in [0.1, 0.15) is 17.7 Å². The Balaban J connectivity index is 1.56. The zero-order valence-electron chi connectivity index (χ0n) is 20.9. The van der Waals surface area contributed by atoms with Crippen molar-refractivity contribution in [3.05, 3.63) is 135 Å². The smallest absolute Gasteiger partial charge is 0.257 e. The van der Waals surface area contributed by atoms with Gasteiger partial charge in [0.2, 0.25) is 0 Å². The van der Waals surface area contributed by atoms with Crippen LogP contribution in [0.3, 0.4) is 0 Å². The van der Waals surface area contributed by atoms with Gasteiger partial charge in [-0.05, 0) is 60.7 Å². The van der Waals surface area contributed by atoms with Gasteiger partial charge in [-0.15, -0.1) is 0 Å². The van der Waals surface area contributed by atoms with E-state index in [1.807, 2.05) is 48.7 Å². The molecule has 5 aromatic rings. The number of para-hydroxylation sites is 1. The van der Waals surface area contributed by atoms with Crippen molar-refractivity contribution in [1.82, 2.24) is 20.4 Å². The second-order valence-corrected chi connectivity index (χ2v) is 10.0. The summed E-state index contributed by atoms with van der Waals surface area (Å²) in [6.45, 7) is 0.219. The van der Waals surface area contributed by atoms with E-state index < -0.39 is 12.1 Å². The summed E-state index contributed by atoms with van der Waals surface area (Å²) in [5.41, 5.74) is 3.28. The van der Waals surface area contributed by atoms with Gasteiger partial charge in [0, 0.05) is 27.4 Å². The zero-order valence-corrected chi connectivity index (χ0v) is 23.2. The molecule has 3 N–H and O–H groups in total. The molecule has 0 aliphatic heterocycles. The van der Waals surface area contributed by atoms with Crippen LogP contribution in [0.15, 0.2) is 108 Å². The number of benzene rings is 3. The topological polar surface area (TPSA) is 92.3 Å². The Morgan fingerprint density at radius 3 is 2.42 bits per heavy atom. The van der Waals surface area contributed by atoms with E-state index in [-0.39, 0.29) is 22.8 Å². The maximum Gasteiger partial charge on any atom is 0.257 e. The number of aromatic nitrogens is 2. The molecule has 2 aromatic heterocycles. The first-order chi connectivity index (χ1) is 19.4. The van der Waals surface area contributed by atoms with Crippen molar-refractivity contribution >= 4 is 46.8 Å². The number of aliphatic hydroxyl groups is 1. The first-order valence-corrected chi connectivity index (χ1v) is 13.3. The number of carbonyl (C=O) groups excluding carboxylic acids is 1. The molecule has 40 heavy (non-hydrogen) atoms. The lowest BCUT2D eigenvalue weighted by Gasteiger charge is -2.18. The Labute approximate surface area is 245 Å². The Morgan fingerprint density at radius 2 is 1.73 bits per heavy atom. The summed E-state index contributed by atoms with van der Waals surface area (Å²) in [6.07, 6.45) is 3.75. The van der Waals surface area contributed by atoms with Gasteiger partial charge in [0.15, 0.2) is 0 Å². The Morgan fingerprint density at radius 1 is 0.975 bits per heavy atom. The van der Waals surface area contributed by atoms with Gasteiger partial charge in [-0.1, -0.05) is 65.1 Å². The van der Waals surface area contributed by atoms with E-state index in [2.05, 4.69) is 10.6 Å². The highest BCUT2D eigenvalue weighted by molar-refractivity contribution is 6.36. The molecule has 0 saturated carbocycles. The predicted molar refractivity (Wildman–Crippen MR) is 157 cm³/mol. The van der Waals surface area contributed by atoms with Gasteiger partial charge in [-0.25, -0.2) is 4.68 Å². The molecule has 7 nitrogen and oxygen atoms in total. The lowest BCUT2D eigenvalue weighted by molar-refractivity contribution is 0.0937. The van der Waals surface area contributed by atoms with E-state index in [4.69, 9.17) is 44.3 Å². The summed E-state index contributed by atoms with van der Waals surface area (Å²) in [4.78, 5) is 13.3. The Hall–Kier alpha value is -3.85. The second kappa shape index (κ2) is 12.6. The zero-order chi connectivity index (χ0) is 28.1. The van der Waals surface area contributed by atoms with Gasteiger partial charge < -0.3 is 14.8 Å². The maximum absolute atomic E-state index is 13.3. The largest absolute Gasteiger partial charge is 0.468 e. The fraction of sp³-hybridized carbons (Fsp3) is 0.0667. The van der Waals surface area contributed by atoms with Crippen molar-refractivity contribution in [1.29, 1.82) is 0 Å². The molecule has 0 bridgehead atoms. The molecule has 2 heterocycles. The number of amides is 1. The molecule has 0 fully saturated rings. The number of nitrogens with one attached hydrogen (secondary N) is 2. The molecule has 0 aliphatic rings. The number of halogens is 3. The normalized spacial score (nSPS) is 12.3. The van der Waals surface area contributed by atoms with E-state index >= 15 is 0 Å². The van der Waals surface area contributed by atoms with Crippen LogP contribution in [0.25, 0.3) is 23.0 Å². The molecule has 1 amide bonds. The first kappa shape index (κ1) is 27.7. The van der Waals surface area contributed by atoms with Gasteiger partial charge >= 0.3 is 0 Å². The van der Waals surface area contributed by atoms with Crippen molar-refractivity contribution in [2.24, 2.45) is 0 Å². The van der Waals surface area contributed by atoms with Crippen LogP contribution < -0.4 is 10.6 Å². The lowest BCUT2D eigenvalue weighted by atomic mass is 10.1. The third-order valence-corrected chi connectivity index (χ3v) is 6.77. The van der Waals surface area contributed by atoms with Gasteiger partial charge in [0.05, 0.1) is 34.8 Å². The van der Waals surface area contributed by atoms with Crippen LogP contribution in [0.2, 0.25) is 15.1 Å². The van der Waals surface area contributed by atoms with E-state index in [1.165, 1.54) is 12.1 Å². The Bertz CT molecular complexity index is 1630. The average Bonchev–Trinajstić information content (AvgIpc) is 3.63. The van der Waals surface area contributed by atoms with Crippen LogP contribution in [-0.2, 0) is 6.54 Å². The van der Waals surface area contributed by atoms with Crippen molar-refractivity contribution < 1.29 is 14.3 Å². The number of nitrogens with zero attached hydrogens (tertiary/aromatic N) is 2. The summed E-state index contributed by atoms with van der Waals surface area (Å²) in [5, 5.41) is 22.9. The third-order valence-electron chi connectivity index (χ3n) is 5.97. The van der Waals surface area contributed by atoms with Crippen LogP contribution in [0.4, 0.5) is 0 Å². The van der Waals surface area contributed by atoms with Gasteiger partial charge in [0.25, 0.3) is 5.91 Å². The van der Waals surface area contributed by atoms with Crippen LogP contribution in [-0.4, -0.2) is 27.0 Å². The molecule has 1 unspecified atom stereocenters. The first-order valence-electron chi connectivity index (χ1n) is 12.2. The van der Waals surface area contributed by atoms with Gasteiger partial charge in [-0.3, -0.25) is 10.1 Å². The number of furan rings is 1. The minimum atomic E-state index is -1.28. The van der Waals surface area contributed by atoms with E-state index in [9.17, 15) is 9.90 Å². The molecular weight excluding hydrogens is 571 g/mol. The summed E-state index contributed by atoms with van der Waals surface area (Å²) in [5.74, 6) is 0.0967. The average molecular weight is 594 g/mol. The number of hydrogen-bond acceptors (Lipinski definition) is 5. The molecule has 0 saturated heterocycles. The lowest BCUT2D eigenvalue weighted by Crippen LogP contribution is -2.38. The SMILES string of the molecule is O=C(N/C(=C\c1cn(-c2ccccc2)nc1-c1ccc(Cl)cc1)C(O)NCc1ccco1)c1ccc(Cl)cc1Cl. The van der Waals surface area contributed by atoms with E-state index in [1.54, 1.807) is 47.4 Å². The van der Waals surface area contributed by atoms with Crippen LogP contribution in [0.5, 0.6) is 0 Å². The minimum absolute atomic E-state index is 0.172. The number of hydrogen-bond donors (Lipinski definition) is 3. The van der Waals surface area contributed by atoms with Gasteiger partial charge in [-0.2, -0.15) is 5.10 Å². The summed E-state index contributed by atoms with van der Waals surface area (Å²) in [6, 6.07) is 25.0. The summed E-state index contributed by atoms with van der Waals surface area (Å²) in [7, 11) is 0. The third kappa shape index (κ3) is 6.65.